The van der Waals surface area contributed by atoms with Crippen LogP contribution >= 0.6 is 0 Å². The number of hydrazine groups is 1. The number of nitrogens with zero attached hydrogens (tertiary/aromatic N) is 1. The summed E-state index contributed by atoms with van der Waals surface area (Å²) in [6.45, 7) is 0. The lowest BCUT2D eigenvalue weighted by Crippen LogP contribution is -2.42. The minimum Gasteiger partial charge on any atom is -0.354 e. The van der Waals surface area contributed by atoms with Crippen molar-refractivity contribution < 1.29 is 14.0 Å². The summed E-state index contributed by atoms with van der Waals surface area (Å²) in [5, 5.41) is 1.00. The van der Waals surface area contributed by atoms with Gasteiger partial charge in [0, 0.05) is 29.2 Å². The molecule has 6 nitrogen and oxygen atoms in total. The van der Waals surface area contributed by atoms with Gasteiger partial charge in [0.05, 0.1) is 0 Å². The number of hydrogen-bond donors (Lipinski definition) is 3. The zero-order valence-electron chi connectivity index (χ0n) is 16.0. The maximum absolute atomic E-state index is 13.3. The van der Waals surface area contributed by atoms with Crippen molar-refractivity contribution in [3.63, 3.8) is 0 Å². The Hall–Kier alpha value is -4.00. The molecule has 0 unspecified atom stereocenters. The van der Waals surface area contributed by atoms with Crippen molar-refractivity contribution in [1.82, 2.24) is 20.8 Å². The van der Waals surface area contributed by atoms with Gasteiger partial charge in [-0.2, -0.15) is 0 Å². The molecule has 0 aliphatic rings. The standard InChI is InChI=1S/C23H19FN4O2/c24-16-10-8-15(9-11-16)22-18(17-5-1-2-6-19(17)26-22)12-13-21(29)27-28-23(30)20-7-3-4-14-25-20/h1-11,14,26H,12-13H2,(H,27,29)(H,28,30). The van der Waals surface area contributed by atoms with Gasteiger partial charge in [0.15, 0.2) is 0 Å². The minimum absolute atomic E-state index is 0.165. The molecule has 0 bridgehead atoms. The molecule has 0 aliphatic carbocycles. The van der Waals surface area contributed by atoms with Gasteiger partial charge in [0.2, 0.25) is 5.91 Å². The SMILES string of the molecule is O=C(CCc1c(-c2ccc(F)cc2)[nH]c2ccccc12)NNC(=O)c1ccccn1. The third kappa shape index (κ3) is 4.20. The Labute approximate surface area is 172 Å². The molecule has 0 fully saturated rings. The first kappa shape index (κ1) is 19.3. The molecule has 7 heteroatoms. The number of carbonyl (C=O) groups excluding carboxylic acids is 2. The van der Waals surface area contributed by atoms with Crippen molar-refractivity contribution in [3.05, 3.63) is 90.0 Å². The van der Waals surface area contributed by atoms with Gasteiger partial charge in [0.1, 0.15) is 11.5 Å². The van der Waals surface area contributed by atoms with Crippen LogP contribution in [-0.4, -0.2) is 21.8 Å². The van der Waals surface area contributed by atoms with Gasteiger partial charge in [0.25, 0.3) is 5.91 Å². The molecule has 0 saturated carbocycles. The van der Waals surface area contributed by atoms with E-state index in [9.17, 15) is 14.0 Å². The maximum Gasteiger partial charge on any atom is 0.288 e. The number of aromatic nitrogens is 2. The van der Waals surface area contributed by atoms with Gasteiger partial charge in [-0.05, 0) is 60.0 Å². The van der Waals surface area contributed by atoms with Crippen LogP contribution in [0.25, 0.3) is 22.2 Å². The number of rotatable bonds is 5. The highest BCUT2D eigenvalue weighted by Crippen LogP contribution is 2.31. The quantitative estimate of drug-likeness (QED) is 0.444. The van der Waals surface area contributed by atoms with Gasteiger partial charge in [-0.25, -0.2) is 4.39 Å². The van der Waals surface area contributed by atoms with Crippen molar-refractivity contribution in [3.8, 4) is 11.3 Å². The van der Waals surface area contributed by atoms with Crippen LogP contribution in [0.15, 0.2) is 72.9 Å². The molecule has 2 aromatic heterocycles. The van der Waals surface area contributed by atoms with Crippen LogP contribution in [0.4, 0.5) is 4.39 Å². The number of carbonyl (C=O) groups is 2. The highest BCUT2D eigenvalue weighted by molar-refractivity contribution is 5.94. The molecule has 4 rings (SSSR count). The molecule has 0 aliphatic heterocycles. The summed E-state index contributed by atoms with van der Waals surface area (Å²) < 4.78 is 13.3. The third-order valence-electron chi connectivity index (χ3n) is 4.76. The van der Waals surface area contributed by atoms with Crippen molar-refractivity contribution in [2.75, 3.05) is 0 Å². The summed E-state index contributed by atoms with van der Waals surface area (Å²) in [7, 11) is 0. The average molecular weight is 402 g/mol. The van der Waals surface area contributed by atoms with Crippen molar-refractivity contribution in [1.29, 1.82) is 0 Å². The normalized spacial score (nSPS) is 10.7. The number of pyridine rings is 1. The molecular weight excluding hydrogens is 383 g/mol. The van der Waals surface area contributed by atoms with E-state index in [-0.39, 0.29) is 23.8 Å². The monoisotopic (exact) mass is 402 g/mol. The van der Waals surface area contributed by atoms with E-state index in [1.165, 1.54) is 18.3 Å². The topological polar surface area (TPSA) is 86.9 Å². The molecular formula is C23H19FN4O2. The van der Waals surface area contributed by atoms with Crippen LogP contribution in [0.3, 0.4) is 0 Å². The van der Waals surface area contributed by atoms with E-state index < -0.39 is 5.91 Å². The van der Waals surface area contributed by atoms with Crippen molar-refractivity contribution in [2.45, 2.75) is 12.8 Å². The van der Waals surface area contributed by atoms with Gasteiger partial charge in [-0.15, -0.1) is 0 Å². The second kappa shape index (κ2) is 8.57. The van der Waals surface area contributed by atoms with Crippen molar-refractivity contribution in [2.24, 2.45) is 0 Å². The number of nitrogens with one attached hydrogen (secondary N) is 3. The molecule has 150 valence electrons. The Morgan fingerprint density at radius 3 is 2.47 bits per heavy atom. The molecule has 2 heterocycles. The van der Waals surface area contributed by atoms with Gasteiger partial charge < -0.3 is 4.98 Å². The Kier molecular flexibility index (Phi) is 5.52. The van der Waals surface area contributed by atoms with E-state index in [4.69, 9.17) is 0 Å². The molecule has 2 aromatic carbocycles. The van der Waals surface area contributed by atoms with Crippen LogP contribution in [0.1, 0.15) is 22.5 Å². The Morgan fingerprint density at radius 1 is 0.933 bits per heavy atom. The fourth-order valence-corrected chi connectivity index (χ4v) is 3.31. The number of aromatic amines is 1. The maximum atomic E-state index is 13.3. The first-order valence-electron chi connectivity index (χ1n) is 9.47. The number of benzene rings is 2. The second-order valence-corrected chi connectivity index (χ2v) is 6.75. The van der Waals surface area contributed by atoms with E-state index in [0.29, 0.717) is 6.42 Å². The van der Waals surface area contributed by atoms with E-state index in [0.717, 1.165) is 27.7 Å². The van der Waals surface area contributed by atoms with Gasteiger partial charge in [-0.3, -0.25) is 25.4 Å². The summed E-state index contributed by atoms with van der Waals surface area (Å²) in [5.41, 5.74) is 8.59. The lowest BCUT2D eigenvalue weighted by Gasteiger charge is -2.08. The zero-order valence-corrected chi connectivity index (χ0v) is 16.0. The van der Waals surface area contributed by atoms with Crippen molar-refractivity contribution >= 4 is 22.7 Å². The number of aryl methyl sites for hydroxylation is 1. The number of H-pyrrole nitrogens is 1. The smallest absolute Gasteiger partial charge is 0.288 e. The van der Waals surface area contributed by atoms with Gasteiger partial charge >= 0.3 is 0 Å². The summed E-state index contributed by atoms with van der Waals surface area (Å²) in [4.78, 5) is 31.6. The van der Waals surface area contributed by atoms with Crippen LogP contribution < -0.4 is 10.9 Å². The Bertz CT molecular complexity index is 1190. The Morgan fingerprint density at radius 2 is 1.70 bits per heavy atom. The lowest BCUT2D eigenvalue weighted by molar-refractivity contribution is -0.121. The Balaban J connectivity index is 1.48. The summed E-state index contributed by atoms with van der Waals surface area (Å²) in [5.74, 6) is -1.11. The lowest BCUT2D eigenvalue weighted by atomic mass is 10.0. The largest absolute Gasteiger partial charge is 0.354 e. The number of hydrogen-bond acceptors (Lipinski definition) is 3. The summed E-state index contributed by atoms with van der Waals surface area (Å²) in [6.07, 6.45) is 2.12. The van der Waals surface area contributed by atoms with Crippen LogP contribution in [0.5, 0.6) is 0 Å². The second-order valence-electron chi connectivity index (χ2n) is 6.75. The van der Waals surface area contributed by atoms with Gasteiger partial charge in [-0.1, -0.05) is 24.3 Å². The van der Waals surface area contributed by atoms with E-state index in [2.05, 4.69) is 20.8 Å². The molecule has 2 amide bonds. The first-order chi connectivity index (χ1) is 14.6. The fourth-order valence-electron chi connectivity index (χ4n) is 3.31. The number of fused-ring (bicyclic) bond motifs is 1. The molecule has 0 radical (unpaired) electrons. The molecule has 0 spiro atoms. The third-order valence-corrected chi connectivity index (χ3v) is 4.76. The molecule has 30 heavy (non-hydrogen) atoms. The summed E-state index contributed by atoms with van der Waals surface area (Å²) >= 11 is 0. The molecule has 0 saturated heterocycles. The first-order valence-corrected chi connectivity index (χ1v) is 9.47. The van der Waals surface area contributed by atoms with E-state index in [1.807, 2.05) is 24.3 Å². The highest BCUT2D eigenvalue weighted by Gasteiger charge is 2.15. The predicted octanol–water partition coefficient (Wildman–Crippen LogP) is 3.76. The van der Waals surface area contributed by atoms with E-state index >= 15 is 0 Å². The van der Waals surface area contributed by atoms with Crippen LogP contribution in [0.2, 0.25) is 0 Å². The highest BCUT2D eigenvalue weighted by atomic mass is 19.1. The molecule has 0 atom stereocenters. The number of para-hydroxylation sites is 1. The summed E-state index contributed by atoms with van der Waals surface area (Å²) in [6, 6.07) is 19.0. The molecule has 3 N–H and O–H groups in total. The number of amides is 2. The van der Waals surface area contributed by atoms with Crippen LogP contribution in [0, 0.1) is 5.82 Å². The van der Waals surface area contributed by atoms with E-state index in [1.54, 1.807) is 30.3 Å². The predicted molar refractivity (Wildman–Crippen MR) is 112 cm³/mol. The minimum atomic E-state index is -0.483. The average Bonchev–Trinajstić information content (AvgIpc) is 3.15. The molecule has 4 aromatic rings. The van der Waals surface area contributed by atoms with Crippen LogP contribution in [-0.2, 0) is 11.2 Å². The number of halogens is 1. The fraction of sp³-hybridized carbons (Fsp3) is 0.0870. The zero-order chi connectivity index (χ0) is 20.9.